The first-order chi connectivity index (χ1) is 14.5. The van der Waals surface area contributed by atoms with Gasteiger partial charge in [0.05, 0.1) is 25.6 Å². The summed E-state index contributed by atoms with van der Waals surface area (Å²) in [7, 11) is 0. The van der Waals surface area contributed by atoms with E-state index < -0.39 is 0 Å². The molecule has 30 heavy (non-hydrogen) atoms. The summed E-state index contributed by atoms with van der Waals surface area (Å²) in [5.74, 6) is 0.858. The van der Waals surface area contributed by atoms with Crippen molar-refractivity contribution in [2.75, 3.05) is 0 Å². The number of benzene rings is 3. The molecule has 148 valence electrons. The Balaban J connectivity index is 1.59. The molecule has 0 aliphatic carbocycles. The van der Waals surface area contributed by atoms with Crippen molar-refractivity contribution in [2.45, 2.75) is 6.61 Å². The number of allylic oxidation sites excluding steroid dienone is 1. The number of hydrogen-bond donors (Lipinski definition) is 1. The fourth-order valence-electron chi connectivity index (χ4n) is 2.94. The minimum absolute atomic E-state index is 0.282. The highest BCUT2D eigenvalue weighted by molar-refractivity contribution is 9.11. The smallest absolute Gasteiger partial charge is 0.149 e. The second-order valence-electron chi connectivity index (χ2n) is 6.50. The zero-order valence-corrected chi connectivity index (χ0v) is 18.7. The number of nitriles is 1. The molecule has 4 nitrogen and oxygen atoms in total. The fourth-order valence-corrected chi connectivity index (χ4v) is 4.39. The zero-order valence-electron chi connectivity index (χ0n) is 15.5. The van der Waals surface area contributed by atoms with Crippen LogP contribution < -0.4 is 4.74 Å². The maximum absolute atomic E-state index is 13.0. The molecule has 4 aromatic rings. The van der Waals surface area contributed by atoms with Gasteiger partial charge >= 0.3 is 0 Å². The normalized spacial score (nSPS) is 11.5. The van der Waals surface area contributed by atoms with Gasteiger partial charge in [-0.25, -0.2) is 9.37 Å². The summed E-state index contributed by atoms with van der Waals surface area (Å²) in [5.41, 5.74) is 3.77. The molecular formula is C23H14Br2FN3O. The summed E-state index contributed by atoms with van der Waals surface area (Å²) in [6.45, 7) is 0.301. The number of H-pyrrole nitrogens is 1. The van der Waals surface area contributed by atoms with Crippen LogP contribution in [0.25, 0.3) is 22.7 Å². The van der Waals surface area contributed by atoms with Crippen LogP contribution in [0.1, 0.15) is 17.0 Å². The summed E-state index contributed by atoms with van der Waals surface area (Å²) in [6, 6.07) is 19.7. The van der Waals surface area contributed by atoms with Crippen LogP contribution in [-0.4, -0.2) is 9.97 Å². The number of fused-ring (bicyclic) bond motifs is 1. The Morgan fingerprint density at radius 1 is 1.10 bits per heavy atom. The van der Waals surface area contributed by atoms with Crippen LogP contribution in [0.15, 0.2) is 69.6 Å². The van der Waals surface area contributed by atoms with Crippen molar-refractivity contribution >= 4 is 54.5 Å². The zero-order chi connectivity index (χ0) is 21.1. The van der Waals surface area contributed by atoms with Crippen molar-refractivity contribution in [3.63, 3.8) is 0 Å². The second kappa shape index (κ2) is 8.82. The summed E-state index contributed by atoms with van der Waals surface area (Å²) in [5, 5.41) is 9.64. The molecular weight excluding hydrogens is 513 g/mol. The molecule has 0 spiro atoms. The lowest BCUT2D eigenvalue weighted by atomic mass is 10.1. The minimum Gasteiger partial charge on any atom is -0.487 e. The van der Waals surface area contributed by atoms with E-state index in [4.69, 9.17) is 4.74 Å². The molecule has 0 aliphatic heterocycles. The van der Waals surface area contributed by atoms with Gasteiger partial charge in [-0.1, -0.05) is 24.3 Å². The average molecular weight is 527 g/mol. The number of nitrogens with zero attached hydrogens (tertiary/aromatic N) is 2. The summed E-state index contributed by atoms with van der Waals surface area (Å²) in [6.07, 6.45) is 1.76. The van der Waals surface area contributed by atoms with Gasteiger partial charge in [0.25, 0.3) is 0 Å². The SMILES string of the molecule is N#C/C(=C\c1cc(Br)c(OCc2ccc(F)cc2)c(Br)c1)c1nc2ccccc2[nH]1. The molecule has 0 bridgehead atoms. The van der Waals surface area contributed by atoms with Crippen LogP contribution >= 0.6 is 31.9 Å². The predicted molar refractivity (Wildman–Crippen MR) is 122 cm³/mol. The average Bonchev–Trinajstić information content (AvgIpc) is 3.16. The van der Waals surface area contributed by atoms with Gasteiger partial charge in [0.15, 0.2) is 0 Å². The number of aromatic amines is 1. The van der Waals surface area contributed by atoms with E-state index in [9.17, 15) is 9.65 Å². The summed E-state index contributed by atoms with van der Waals surface area (Å²) in [4.78, 5) is 7.66. The maximum atomic E-state index is 13.0. The Morgan fingerprint density at radius 3 is 2.47 bits per heavy atom. The van der Waals surface area contributed by atoms with E-state index in [1.165, 1.54) is 12.1 Å². The monoisotopic (exact) mass is 525 g/mol. The molecule has 1 N–H and O–H groups in total. The molecule has 7 heteroatoms. The highest BCUT2D eigenvalue weighted by atomic mass is 79.9. The Kier molecular flexibility index (Phi) is 5.98. The Hall–Kier alpha value is -2.95. The standard InChI is InChI=1S/C23H14Br2FN3O/c24-18-10-15(9-16(12-27)23-28-20-3-1-2-4-21(20)29-23)11-19(25)22(18)30-13-14-5-7-17(26)8-6-14/h1-11H,13H2,(H,28,29)/b16-9+. The van der Waals surface area contributed by atoms with Gasteiger partial charge in [0.1, 0.15) is 30.1 Å². The molecule has 0 saturated heterocycles. The van der Waals surface area contributed by atoms with E-state index in [0.717, 1.165) is 31.1 Å². The Morgan fingerprint density at radius 2 is 1.80 bits per heavy atom. The lowest BCUT2D eigenvalue weighted by Crippen LogP contribution is -1.97. The Bertz CT molecular complexity index is 1230. The number of para-hydroxylation sites is 2. The molecule has 0 unspecified atom stereocenters. The van der Waals surface area contributed by atoms with Gasteiger partial charge in [-0.15, -0.1) is 0 Å². The van der Waals surface area contributed by atoms with E-state index in [0.29, 0.717) is 23.8 Å². The van der Waals surface area contributed by atoms with Gasteiger partial charge in [-0.05, 0) is 85.5 Å². The molecule has 0 aliphatic rings. The van der Waals surface area contributed by atoms with Crippen molar-refractivity contribution in [1.82, 2.24) is 9.97 Å². The fraction of sp³-hybridized carbons (Fsp3) is 0.0435. The van der Waals surface area contributed by atoms with E-state index >= 15 is 0 Å². The van der Waals surface area contributed by atoms with Crippen LogP contribution in [0, 0.1) is 17.1 Å². The van der Waals surface area contributed by atoms with Crippen LogP contribution in [0.3, 0.4) is 0 Å². The quantitative estimate of drug-likeness (QED) is 0.288. The number of hydrogen-bond acceptors (Lipinski definition) is 3. The molecule has 0 fully saturated rings. The number of imidazole rings is 1. The molecule has 0 atom stereocenters. The molecule has 1 aromatic heterocycles. The van der Waals surface area contributed by atoms with Crippen molar-refractivity contribution in [3.8, 4) is 11.8 Å². The third kappa shape index (κ3) is 4.45. The van der Waals surface area contributed by atoms with E-state index in [1.807, 2.05) is 36.4 Å². The van der Waals surface area contributed by atoms with Crippen LogP contribution in [0.5, 0.6) is 5.75 Å². The number of nitrogens with one attached hydrogen (secondary N) is 1. The van der Waals surface area contributed by atoms with Gasteiger partial charge < -0.3 is 9.72 Å². The van der Waals surface area contributed by atoms with Crippen molar-refractivity contribution in [1.29, 1.82) is 5.26 Å². The third-order valence-electron chi connectivity index (χ3n) is 4.39. The molecule has 0 saturated carbocycles. The molecule has 3 aromatic carbocycles. The second-order valence-corrected chi connectivity index (χ2v) is 8.21. The van der Waals surface area contributed by atoms with E-state index in [1.54, 1.807) is 18.2 Å². The predicted octanol–water partition coefficient (Wildman–Crippen LogP) is 6.87. The molecule has 4 rings (SSSR count). The van der Waals surface area contributed by atoms with E-state index in [2.05, 4.69) is 47.9 Å². The van der Waals surface area contributed by atoms with Crippen molar-refractivity contribution < 1.29 is 9.13 Å². The summed E-state index contributed by atoms with van der Waals surface area (Å²) < 4.78 is 20.4. The highest BCUT2D eigenvalue weighted by Crippen LogP contribution is 2.36. The van der Waals surface area contributed by atoms with Gasteiger partial charge in [0.2, 0.25) is 0 Å². The largest absolute Gasteiger partial charge is 0.487 e. The highest BCUT2D eigenvalue weighted by Gasteiger charge is 2.12. The third-order valence-corrected chi connectivity index (χ3v) is 5.57. The van der Waals surface area contributed by atoms with Crippen LogP contribution in [-0.2, 0) is 6.61 Å². The van der Waals surface area contributed by atoms with Crippen molar-refractivity contribution in [2.24, 2.45) is 0 Å². The number of ether oxygens (including phenoxy) is 1. The topological polar surface area (TPSA) is 61.7 Å². The Labute approximate surface area is 189 Å². The first-order valence-corrected chi connectivity index (χ1v) is 10.6. The number of aromatic nitrogens is 2. The lowest BCUT2D eigenvalue weighted by molar-refractivity contribution is 0.302. The maximum Gasteiger partial charge on any atom is 0.149 e. The van der Waals surface area contributed by atoms with E-state index in [-0.39, 0.29) is 5.82 Å². The van der Waals surface area contributed by atoms with Crippen LogP contribution in [0.4, 0.5) is 4.39 Å². The summed E-state index contributed by atoms with van der Waals surface area (Å²) >= 11 is 7.06. The van der Waals surface area contributed by atoms with Crippen molar-refractivity contribution in [3.05, 3.63) is 92.4 Å². The molecule has 1 heterocycles. The molecule has 0 radical (unpaired) electrons. The first kappa shape index (κ1) is 20.3. The van der Waals surface area contributed by atoms with Gasteiger partial charge in [0, 0.05) is 0 Å². The van der Waals surface area contributed by atoms with Crippen LogP contribution in [0.2, 0.25) is 0 Å². The lowest BCUT2D eigenvalue weighted by Gasteiger charge is -2.11. The number of halogens is 3. The van der Waals surface area contributed by atoms with Gasteiger partial charge in [-0.2, -0.15) is 5.26 Å². The first-order valence-electron chi connectivity index (χ1n) is 8.96. The molecule has 0 amide bonds. The van der Waals surface area contributed by atoms with Gasteiger partial charge in [-0.3, -0.25) is 0 Å². The minimum atomic E-state index is -0.282. The number of rotatable bonds is 5.